The van der Waals surface area contributed by atoms with Gasteiger partial charge in [-0.2, -0.15) is 0 Å². The highest BCUT2D eigenvalue weighted by atomic mass is 79.9. The van der Waals surface area contributed by atoms with Crippen LogP contribution in [0, 0.1) is 0 Å². The molecule has 0 amide bonds. The van der Waals surface area contributed by atoms with Crippen molar-refractivity contribution in [2.24, 2.45) is 0 Å². The van der Waals surface area contributed by atoms with Crippen LogP contribution in [0.25, 0.3) is 10.9 Å². The number of fused-ring (bicyclic) bond motifs is 1. The van der Waals surface area contributed by atoms with Gasteiger partial charge in [0, 0.05) is 44.8 Å². The Bertz CT molecular complexity index is 734. The van der Waals surface area contributed by atoms with Gasteiger partial charge in [0.25, 0.3) is 0 Å². The number of benzene rings is 2. The van der Waals surface area contributed by atoms with Crippen LogP contribution in [0.15, 0.2) is 63.7 Å². The van der Waals surface area contributed by atoms with Crippen LogP contribution >= 0.6 is 31.9 Å². The lowest BCUT2D eigenvalue weighted by Gasteiger charge is -2.09. The SMILES string of the molecule is Brc1cccc(NCCn2ccc3c(Br)cccc32)c1. The fourth-order valence-electron chi connectivity index (χ4n) is 2.30. The Balaban J connectivity index is 1.70. The van der Waals surface area contributed by atoms with Crippen LogP contribution in [-0.2, 0) is 6.54 Å². The lowest BCUT2D eigenvalue weighted by atomic mass is 10.2. The van der Waals surface area contributed by atoms with Crippen LogP contribution in [0.2, 0.25) is 0 Å². The highest BCUT2D eigenvalue weighted by molar-refractivity contribution is 9.11. The summed E-state index contributed by atoms with van der Waals surface area (Å²) in [5.41, 5.74) is 2.40. The van der Waals surface area contributed by atoms with Crippen LogP contribution in [0.3, 0.4) is 0 Å². The molecule has 2 nitrogen and oxygen atoms in total. The van der Waals surface area contributed by atoms with Gasteiger partial charge in [0.1, 0.15) is 0 Å². The van der Waals surface area contributed by atoms with Crippen LogP contribution in [0.1, 0.15) is 0 Å². The lowest BCUT2D eigenvalue weighted by Crippen LogP contribution is -2.09. The van der Waals surface area contributed by atoms with E-state index in [0.717, 1.165) is 27.7 Å². The molecular formula is C16H14Br2N2. The maximum Gasteiger partial charge on any atom is 0.0492 e. The zero-order chi connectivity index (χ0) is 13.9. The number of aromatic nitrogens is 1. The number of halogens is 2. The van der Waals surface area contributed by atoms with E-state index in [1.807, 2.05) is 12.1 Å². The first-order valence-corrected chi connectivity index (χ1v) is 8.05. The third kappa shape index (κ3) is 2.91. The molecule has 20 heavy (non-hydrogen) atoms. The van der Waals surface area contributed by atoms with Crippen LogP contribution in [0.4, 0.5) is 5.69 Å². The minimum Gasteiger partial charge on any atom is -0.383 e. The number of anilines is 1. The molecule has 0 fully saturated rings. The number of rotatable bonds is 4. The molecule has 0 bridgehead atoms. The maximum absolute atomic E-state index is 3.59. The first kappa shape index (κ1) is 13.7. The summed E-state index contributed by atoms with van der Waals surface area (Å²) >= 11 is 7.07. The maximum atomic E-state index is 3.59. The summed E-state index contributed by atoms with van der Waals surface area (Å²) in [6, 6.07) is 16.7. The standard InChI is InChI=1S/C16H14Br2N2/c17-12-3-1-4-13(11-12)19-8-10-20-9-7-14-15(18)5-2-6-16(14)20/h1-7,9,11,19H,8,10H2. The first-order chi connectivity index (χ1) is 9.74. The summed E-state index contributed by atoms with van der Waals surface area (Å²) in [6.07, 6.45) is 2.14. The largest absolute Gasteiger partial charge is 0.383 e. The van der Waals surface area contributed by atoms with Crippen molar-refractivity contribution in [3.63, 3.8) is 0 Å². The fraction of sp³-hybridized carbons (Fsp3) is 0.125. The number of hydrogen-bond donors (Lipinski definition) is 1. The zero-order valence-corrected chi connectivity index (χ0v) is 14.0. The smallest absolute Gasteiger partial charge is 0.0492 e. The number of hydrogen-bond acceptors (Lipinski definition) is 1. The van der Waals surface area contributed by atoms with Gasteiger partial charge in [0.05, 0.1) is 0 Å². The van der Waals surface area contributed by atoms with E-state index in [9.17, 15) is 0 Å². The minimum atomic E-state index is 0.896. The van der Waals surface area contributed by atoms with Crippen molar-refractivity contribution in [2.75, 3.05) is 11.9 Å². The van der Waals surface area contributed by atoms with Crippen molar-refractivity contribution in [3.05, 3.63) is 63.7 Å². The van der Waals surface area contributed by atoms with E-state index in [0.29, 0.717) is 0 Å². The number of nitrogens with one attached hydrogen (secondary N) is 1. The molecule has 1 heterocycles. The van der Waals surface area contributed by atoms with Gasteiger partial charge in [0.2, 0.25) is 0 Å². The average molecular weight is 394 g/mol. The van der Waals surface area contributed by atoms with Gasteiger partial charge in [-0.3, -0.25) is 0 Å². The van der Waals surface area contributed by atoms with Crippen molar-refractivity contribution in [1.82, 2.24) is 4.57 Å². The highest BCUT2D eigenvalue weighted by Gasteiger charge is 2.03. The summed E-state index contributed by atoms with van der Waals surface area (Å²) in [5.74, 6) is 0. The number of nitrogens with zero attached hydrogens (tertiary/aromatic N) is 1. The minimum absolute atomic E-state index is 0.896. The fourth-order valence-corrected chi connectivity index (χ4v) is 3.19. The second-order valence-corrected chi connectivity index (χ2v) is 6.39. The molecule has 0 aliphatic heterocycles. The van der Waals surface area contributed by atoms with Gasteiger partial charge in [-0.05, 0) is 36.4 Å². The molecular weight excluding hydrogens is 380 g/mol. The van der Waals surface area contributed by atoms with Gasteiger partial charge in [0.15, 0.2) is 0 Å². The van der Waals surface area contributed by atoms with E-state index in [-0.39, 0.29) is 0 Å². The predicted octanol–water partition coefficient (Wildman–Crippen LogP) is 5.28. The zero-order valence-electron chi connectivity index (χ0n) is 10.8. The molecule has 0 saturated carbocycles. The molecule has 0 radical (unpaired) electrons. The van der Waals surface area contributed by atoms with E-state index < -0.39 is 0 Å². The molecule has 102 valence electrons. The third-order valence-electron chi connectivity index (χ3n) is 3.27. The highest BCUT2D eigenvalue weighted by Crippen LogP contribution is 2.24. The van der Waals surface area contributed by atoms with Crippen molar-refractivity contribution in [2.45, 2.75) is 6.54 Å². The molecule has 2 aromatic carbocycles. The summed E-state index contributed by atoms with van der Waals surface area (Å²) < 4.78 is 4.51. The van der Waals surface area contributed by atoms with Crippen molar-refractivity contribution in [1.29, 1.82) is 0 Å². The molecule has 1 N–H and O–H groups in total. The average Bonchev–Trinajstić information content (AvgIpc) is 2.84. The Morgan fingerprint density at radius 2 is 1.85 bits per heavy atom. The topological polar surface area (TPSA) is 17.0 Å². The predicted molar refractivity (Wildman–Crippen MR) is 92.3 cm³/mol. The Hall–Kier alpha value is -1.26. The van der Waals surface area contributed by atoms with E-state index in [2.05, 4.69) is 84.3 Å². The summed E-state index contributed by atoms with van der Waals surface area (Å²) in [4.78, 5) is 0. The molecule has 3 rings (SSSR count). The summed E-state index contributed by atoms with van der Waals surface area (Å²) in [5, 5.41) is 4.70. The molecule has 0 spiro atoms. The van der Waals surface area contributed by atoms with Gasteiger partial charge in [-0.1, -0.05) is 44.0 Å². The molecule has 1 aromatic heterocycles. The van der Waals surface area contributed by atoms with Gasteiger partial charge in [-0.15, -0.1) is 0 Å². The Kier molecular flexibility index (Phi) is 4.13. The summed E-state index contributed by atoms with van der Waals surface area (Å²) in [6.45, 7) is 1.83. The van der Waals surface area contributed by atoms with E-state index in [1.165, 1.54) is 10.9 Å². The van der Waals surface area contributed by atoms with Crippen molar-refractivity contribution in [3.8, 4) is 0 Å². The first-order valence-electron chi connectivity index (χ1n) is 6.47. The lowest BCUT2D eigenvalue weighted by molar-refractivity contribution is 0.757. The summed E-state index contributed by atoms with van der Waals surface area (Å²) in [7, 11) is 0. The van der Waals surface area contributed by atoms with E-state index in [1.54, 1.807) is 0 Å². The third-order valence-corrected chi connectivity index (χ3v) is 4.45. The molecule has 3 aromatic rings. The molecule has 0 atom stereocenters. The second kappa shape index (κ2) is 6.02. The molecule has 0 unspecified atom stereocenters. The second-order valence-electron chi connectivity index (χ2n) is 4.62. The van der Waals surface area contributed by atoms with Crippen LogP contribution in [-0.4, -0.2) is 11.1 Å². The van der Waals surface area contributed by atoms with E-state index in [4.69, 9.17) is 0 Å². The molecule has 0 aliphatic rings. The van der Waals surface area contributed by atoms with E-state index >= 15 is 0 Å². The molecule has 0 saturated heterocycles. The van der Waals surface area contributed by atoms with Crippen molar-refractivity contribution >= 4 is 48.5 Å². The monoisotopic (exact) mass is 392 g/mol. The van der Waals surface area contributed by atoms with Crippen LogP contribution in [0.5, 0.6) is 0 Å². The van der Waals surface area contributed by atoms with Gasteiger partial charge >= 0.3 is 0 Å². The molecule has 4 heteroatoms. The quantitative estimate of drug-likeness (QED) is 0.638. The Morgan fingerprint density at radius 1 is 1.00 bits per heavy atom. The Morgan fingerprint density at radius 3 is 2.70 bits per heavy atom. The normalized spacial score (nSPS) is 10.9. The van der Waals surface area contributed by atoms with Crippen LogP contribution < -0.4 is 5.32 Å². The van der Waals surface area contributed by atoms with Gasteiger partial charge < -0.3 is 9.88 Å². The van der Waals surface area contributed by atoms with Gasteiger partial charge in [-0.25, -0.2) is 0 Å². The Labute approximate surface area is 135 Å². The van der Waals surface area contributed by atoms with Crippen molar-refractivity contribution < 1.29 is 0 Å². The molecule has 0 aliphatic carbocycles.